The Morgan fingerprint density at radius 2 is 2.25 bits per heavy atom. The van der Waals surface area contributed by atoms with Gasteiger partial charge in [-0.1, -0.05) is 24.3 Å². The summed E-state index contributed by atoms with van der Waals surface area (Å²) in [5.74, 6) is -0.286. The van der Waals surface area contributed by atoms with Crippen LogP contribution in [0.5, 0.6) is 0 Å². The van der Waals surface area contributed by atoms with Gasteiger partial charge in [0.1, 0.15) is 0 Å². The fourth-order valence-electron chi connectivity index (χ4n) is 1.32. The van der Waals surface area contributed by atoms with Crippen molar-refractivity contribution in [3.8, 4) is 0 Å². The van der Waals surface area contributed by atoms with Crippen molar-refractivity contribution >= 4 is 5.91 Å². The Morgan fingerprint density at radius 3 is 2.94 bits per heavy atom. The zero-order valence-electron chi connectivity index (χ0n) is 8.77. The van der Waals surface area contributed by atoms with Crippen LogP contribution in [0, 0.1) is 6.92 Å². The lowest BCUT2D eigenvalue weighted by Gasteiger charge is -2.05. The van der Waals surface area contributed by atoms with Gasteiger partial charge in [0.15, 0.2) is 0 Å². The van der Waals surface area contributed by atoms with E-state index in [-0.39, 0.29) is 11.7 Å². The second kappa shape index (κ2) is 4.52. The third-order valence-corrected chi connectivity index (χ3v) is 2.25. The van der Waals surface area contributed by atoms with Crippen molar-refractivity contribution in [2.24, 2.45) is 0 Å². The fourth-order valence-corrected chi connectivity index (χ4v) is 1.32. The summed E-state index contributed by atoms with van der Waals surface area (Å²) in [4.78, 5) is 11.5. The average molecular weight is 217 g/mol. The summed E-state index contributed by atoms with van der Waals surface area (Å²) in [7, 11) is 0. The van der Waals surface area contributed by atoms with Gasteiger partial charge in [0.2, 0.25) is 0 Å². The molecule has 2 N–H and O–H groups in total. The zero-order chi connectivity index (χ0) is 11.4. The molecule has 0 fully saturated rings. The maximum Gasteiger partial charge on any atom is 0.293 e. The first-order valence-corrected chi connectivity index (χ1v) is 4.83. The SMILES string of the molecule is Cc1ccccc1CNC(=O)c1nn[nH]n1. The molecule has 0 aliphatic carbocycles. The van der Waals surface area contributed by atoms with Gasteiger partial charge in [-0.15, -0.1) is 10.2 Å². The van der Waals surface area contributed by atoms with Crippen LogP contribution < -0.4 is 5.32 Å². The van der Waals surface area contributed by atoms with Crippen LogP contribution in [0.2, 0.25) is 0 Å². The van der Waals surface area contributed by atoms with Crippen molar-refractivity contribution in [3.05, 3.63) is 41.2 Å². The minimum atomic E-state index is -0.336. The minimum absolute atomic E-state index is 0.0496. The molecule has 16 heavy (non-hydrogen) atoms. The van der Waals surface area contributed by atoms with E-state index in [1.165, 1.54) is 0 Å². The lowest BCUT2D eigenvalue weighted by Crippen LogP contribution is -2.24. The molecule has 1 aromatic carbocycles. The number of carbonyl (C=O) groups is 1. The summed E-state index contributed by atoms with van der Waals surface area (Å²) >= 11 is 0. The van der Waals surface area contributed by atoms with Crippen molar-refractivity contribution in [1.29, 1.82) is 0 Å². The van der Waals surface area contributed by atoms with Gasteiger partial charge in [0, 0.05) is 6.54 Å². The first-order valence-electron chi connectivity index (χ1n) is 4.83. The topological polar surface area (TPSA) is 83.6 Å². The van der Waals surface area contributed by atoms with Gasteiger partial charge >= 0.3 is 0 Å². The second-order valence-corrected chi connectivity index (χ2v) is 3.34. The van der Waals surface area contributed by atoms with Crippen molar-refractivity contribution in [2.45, 2.75) is 13.5 Å². The Hall–Kier alpha value is -2.24. The van der Waals surface area contributed by atoms with Gasteiger partial charge in [-0.2, -0.15) is 5.21 Å². The number of H-pyrrole nitrogens is 1. The van der Waals surface area contributed by atoms with Gasteiger partial charge in [0.05, 0.1) is 0 Å². The highest BCUT2D eigenvalue weighted by Gasteiger charge is 2.09. The Morgan fingerprint density at radius 1 is 1.44 bits per heavy atom. The van der Waals surface area contributed by atoms with Crippen LogP contribution in [0.15, 0.2) is 24.3 Å². The Balaban J connectivity index is 1.98. The fraction of sp³-hybridized carbons (Fsp3) is 0.200. The van der Waals surface area contributed by atoms with Crippen LogP contribution in [0.1, 0.15) is 21.7 Å². The summed E-state index contributed by atoms with van der Waals surface area (Å²) in [6.45, 7) is 2.45. The summed E-state index contributed by atoms with van der Waals surface area (Å²) in [5.41, 5.74) is 2.20. The van der Waals surface area contributed by atoms with Gasteiger partial charge in [-0.05, 0) is 23.3 Å². The van der Waals surface area contributed by atoms with E-state index in [4.69, 9.17) is 0 Å². The van der Waals surface area contributed by atoms with Crippen LogP contribution in [0.3, 0.4) is 0 Å². The molecule has 1 aromatic heterocycles. The zero-order valence-corrected chi connectivity index (χ0v) is 8.77. The quantitative estimate of drug-likeness (QED) is 0.781. The molecule has 0 bridgehead atoms. The molecule has 0 atom stereocenters. The summed E-state index contributed by atoms with van der Waals surface area (Å²) < 4.78 is 0. The number of tetrazole rings is 1. The van der Waals surface area contributed by atoms with Crippen LogP contribution in [0.25, 0.3) is 0 Å². The largest absolute Gasteiger partial charge is 0.345 e. The van der Waals surface area contributed by atoms with Gasteiger partial charge in [-0.3, -0.25) is 4.79 Å². The predicted octanol–water partition coefficient (Wildman–Crippen LogP) is 0.438. The highest BCUT2D eigenvalue weighted by Crippen LogP contribution is 2.06. The second-order valence-electron chi connectivity index (χ2n) is 3.34. The number of aryl methyl sites for hydroxylation is 1. The molecule has 1 heterocycles. The molecule has 6 nitrogen and oxygen atoms in total. The van der Waals surface area contributed by atoms with Gasteiger partial charge in [0.25, 0.3) is 11.7 Å². The van der Waals surface area contributed by atoms with Crippen LogP contribution in [0.4, 0.5) is 0 Å². The summed E-state index contributed by atoms with van der Waals surface area (Å²) in [6.07, 6.45) is 0. The Bertz CT molecular complexity index is 480. The molecular weight excluding hydrogens is 206 g/mol. The smallest absolute Gasteiger partial charge is 0.293 e. The number of hydrogen-bond donors (Lipinski definition) is 2. The Kier molecular flexibility index (Phi) is 2.90. The van der Waals surface area contributed by atoms with E-state index in [1.807, 2.05) is 31.2 Å². The lowest BCUT2D eigenvalue weighted by molar-refractivity contribution is 0.0940. The first-order chi connectivity index (χ1) is 7.77. The number of aromatic amines is 1. The van der Waals surface area contributed by atoms with Gasteiger partial charge < -0.3 is 5.32 Å². The van der Waals surface area contributed by atoms with E-state index in [1.54, 1.807) is 0 Å². The first kappa shape index (κ1) is 10.3. The number of aromatic nitrogens is 4. The van der Waals surface area contributed by atoms with E-state index in [0.717, 1.165) is 11.1 Å². The third kappa shape index (κ3) is 2.22. The maximum atomic E-state index is 11.5. The maximum absolute atomic E-state index is 11.5. The van der Waals surface area contributed by atoms with Crippen molar-refractivity contribution in [2.75, 3.05) is 0 Å². The molecule has 82 valence electrons. The van der Waals surface area contributed by atoms with Crippen LogP contribution >= 0.6 is 0 Å². The number of amides is 1. The number of nitrogens with one attached hydrogen (secondary N) is 2. The van der Waals surface area contributed by atoms with E-state index in [2.05, 4.69) is 25.9 Å². The van der Waals surface area contributed by atoms with Gasteiger partial charge in [-0.25, -0.2) is 0 Å². The molecule has 0 saturated heterocycles. The molecule has 0 radical (unpaired) electrons. The van der Waals surface area contributed by atoms with Crippen molar-refractivity contribution < 1.29 is 4.79 Å². The number of benzene rings is 1. The summed E-state index contributed by atoms with van der Waals surface area (Å²) in [6, 6.07) is 7.85. The van der Waals surface area contributed by atoms with Crippen LogP contribution in [-0.4, -0.2) is 26.5 Å². The monoisotopic (exact) mass is 217 g/mol. The number of carbonyl (C=O) groups excluding carboxylic acids is 1. The molecule has 2 rings (SSSR count). The predicted molar refractivity (Wildman–Crippen MR) is 56.5 cm³/mol. The van der Waals surface area contributed by atoms with E-state index < -0.39 is 0 Å². The Labute approximate surface area is 92.1 Å². The van der Waals surface area contributed by atoms with E-state index in [9.17, 15) is 4.79 Å². The molecule has 0 aliphatic rings. The normalized spacial score (nSPS) is 10.1. The standard InChI is InChI=1S/C10H11N5O/c1-7-4-2-3-5-8(7)6-11-10(16)9-12-14-15-13-9/h2-5H,6H2,1H3,(H,11,16)(H,12,13,14,15). The molecule has 0 spiro atoms. The van der Waals surface area contributed by atoms with Crippen molar-refractivity contribution in [1.82, 2.24) is 25.9 Å². The summed E-state index contributed by atoms with van der Waals surface area (Å²) in [5, 5.41) is 15.4. The van der Waals surface area contributed by atoms with Crippen molar-refractivity contribution in [3.63, 3.8) is 0 Å². The van der Waals surface area contributed by atoms with E-state index >= 15 is 0 Å². The number of rotatable bonds is 3. The molecule has 2 aromatic rings. The average Bonchev–Trinajstić information content (AvgIpc) is 2.81. The molecule has 0 aliphatic heterocycles. The van der Waals surface area contributed by atoms with Crippen LogP contribution in [-0.2, 0) is 6.54 Å². The molecule has 1 amide bonds. The highest BCUT2D eigenvalue weighted by molar-refractivity contribution is 5.89. The highest BCUT2D eigenvalue weighted by atomic mass is 16.2. The number of nitrogens with zero attached hydrogens (tertiary/aromatic N) is 3. The molecule has 6 heteroatoms. The molecule has 0 saturated carbocycles. The third-order valence-electron chi connectivity index (χ3n) is 2.25. The number of hydrogen-bond acceptors (Lipinski definition) is 4. The van der Waals surface area contributed by atoms with E-state index in [0.29, 0.717) is 6.54 Å². The minimum Gasteiger partial charge on any atom is -0.345 e. The molecule has 0 unspecified atom stereocenters. The lowest BCUT2D eigenvalue weighted by atomic mass is 10.1. The molecular formula is C10H11N5O.